The van der Waals surface area contributed by atoms with Crippen molar-refractivity contribution in [2.24, 2.45) is 0 Å². The van der Waals surface area contributed by atoms with Crippen LogP contribution < -0.4 is 24.3 Å². The number of hydrogen-bond acceptors (Lipinski definition) is 7. The van der Waals surface area contributed by atoms with Gasteiger partial charge in [0, 0.05) is 30.4 Å². The fourth-order valence-corrected chi connectivity index (χ4v) is 3.78. The highest BCUT2D eigenvalue weighted by molar-refractivity contribution is 7.15. The predicted octanol–water partition coefficient (Wildman–Crippen LogP) is 4.13. The molecule has 0 aliphatic carbocycles. The molecule has 0 fully saturated rings. The van der Waals surface area contributed by atoms with Crippen LogP contribution >= 0.6 is 11.3 Å². The van der Waals surface area contributed by atoms with Crippen molar-refractivity contribution >= 4 is 11.3 Å². The fraction of sp³-hybridized carbons (Fsp3) is 0.286. The van der Waals surface area contributed by atoms with Crippen LogP contribution in [0.25, 0.3) is 10.4 Å². The Morgan fingerprint density at radius 1 is 0.857 bits per heavy atom. The molecule has 0 spiro atoms. The summed E-state index contributed by atoms with van der Waals surface area (Å²) in [6.45, 7) is 1.39. The molecule has 0 saturated carbocycles. The Morgan fingerprint density at radius 3 is 2.18 bits per heavy atom. The van der Waals surface area contributed by atoms with Crippen LogP contribution in [0.15, 0.2) is 42.6 Å². The number of rotatable bonds is 9. The first kappa shape index (κ1) is 20.0. The van der Waals surface area contributed by atoms with Crippen LogP contribution in [0.4, 0.5) is 0 Å². The third-order valence-electron chi connectivity index (χ3n) is 4.29. The quantitative estimate of drug-likeness (QED) is 0.583. The molecule has 148 valence electrons. The van der Waals surface area contributed by atoms with Gasteiger partial charge in [-0.25, -0.2) is 4.98 Å². The van der Waals surface area contributed by atoms with Crippen LogP contribution in [0, 0.1) is 0 Å². The van der Waals surface area contributed by atoms with Crippen molar-refractivity contribution in [1.29, 1.82) is 0 Å². The molecule has 28 heavy (non-hydrogen) atoms. The Morgan fingerprint density at radius 2 is 1.54 bits per heavy atom. The molecule has 0 saturated heterocycles. The lowest BCUT2D eigenvalue weighted by molar-refractivity contribution is 0.324. The highest BCUT2D eigenvalue weighted by atomic mass is 32.1. The second-order valence-corrected chi connectivity index (χ2v) is 7.06. The molecule has 0 radical (unpaired) electrons. The van der Waals surface area contributed by atoms with Crippen molar-refractivity contribution < 1.29 is 18.9 Å². The van der Waals surface area contributed by atoms with Crippen LogP contribution in [0.1, 0.15) is 10.6 Å². The highest BCUT2D eigenvalue weighted by Gasteiger charge is 2.15. The zero-order valence-electron chi connectivity index (χ0n) is 16.4. The maximum atomic E-state index is 5.44. The number of hydrogen-bond donors (Lipinski definition) is 1. The summed E-state index contributed by atoms with van der Waals surface area (Å²) in [5.41, 5.74) is 2.09. The fourth-order valence-electron chi connectivity index (χ4n) is 2.90. The van der Waals surface area contributed by atoms with Gasteiger partial charge in [0.2, 0.25) is 5.75 Å². The number of methoxy groups -OCH3 is 4. The zero-order valence-corrected chi connectivity index (χ0v) is 17.3. The van der Waals surface area contributed by atoms with Gasteiger partial charge in [-0.1, -0.05) is 18.2 Å². The Kier molecular flexibility index (Phi) is 6.73. The summed E-state index contributed by atoms with van der Waals surface area (Å²) < 4.78 is 21.6. The molecule has 7 heteroatoms. The predicted molar refractivity (Wildman–Crippen MR) is 111 cm³/mol. The molecule has 6 nitrogen and oxygen atoms in total. The van der Waals surface area contributed by atoms with E-state index in [-0.39, 0.29) is 0 Å². The minimum atomic E-state index is 0.581. The first-order valence-corrected chi connectivity index (χ1v) is 9.59. The Hall–Kier alpha value is -2.77. The average Bonchev–Trinajstić information content (AvgIpc) is 3.21. The van der Waals surface area contributed by atoms with Gasteiger partial charge in [0.05, 0.1) is 33.3 Å². The van der Waals surface area contributed by atoms with E-state index in [1.807, 2.05) is 36.5 Å². The summed E-state index contributed by atoms with van der Waals surface area (Å²) in [6.07, 6.45) is 1.87. The summed E-state index contributed by atoms with van der Waals surface area (Å²) in [7, 11) is 6.50. The SMILES string of the molecule is COc1ccccc1CNCc1ncc(-c2cc(OC)c(OC)c(OC)c2)s1. The summed E-state index contributed by atoms with van der Waals surface area (Å²) in [5, 5.41) is 4.42. The molecule has 3 aromatic rings. The standard InChI is InChI=1S/C21H24N2O4S/c1-24-16-8-6-5-7-14(16)11-22-13-20-23-12-19(28-20)15-9-17(25-2)21(27-4)18(10-15)26-3/h5-10,12,22H,11,13H2,1-4H3. The molecule has 1 N–H and O–H groups in total. The van der Waals surface area contributed by atoms with Gasteiger partial charge in [-0.2, -0.15) is 0 Å². The van der Waals surface area contributed by atoms with Crippen LogP contribution in [0.3, 0.4) is 0 Å². The molecule has 0 atom stereocenters. The van der Waals surface area contributed by atoms with E-state index < -0.39 is 0 Å². The molecule has 0 amide bonds. The minimum Gasteiger partial charge on any atom is -0.496 e. The van der Waals surface area contributed by atoms with Crippen molar-refractivity contribution in [3.63, 3.8) is 0 Å². The summed E-state index contributed by atoms with van der Waals surface area (Å²) in [4.78, 5) is 5.57. The Bertz CT molecular complexity index is 901. The van der Waals surface area contributed by atoms with Crippen LogP contribution in [-0.2, 0) is 13.1 Å². The summed E-state index contributed by atoms with van der Waals surface area (Å²) in [5.74, 6) is 2.71. The Balaban J connectivity index is 1.72. The summed E-state index contributed by atoms with van der Waals surface area (Å²) in [6, 6.07) is 11.8. The van der Waals surface area contributed by atoms with Crippen molar-refractivity contribution in [2.45, 2.75) is 13.1 Å². The molecule has 0 bridgehead atoms. The van der Waals surface area contributed by atoms with E-state index in [9.17, 15) is 0 Å². The van der Waals surface area contributed by atoms with Gasteiger partial charge < -0.3 is 24.3 Å². The molecule has 1 aromatic heterocycles. The second-order valence-electron chi connectivity index (χ2n) is 5.95. The third kappa shape index (κ3) is 4.37. The van der Waals surface area contributed by atoms with E-state index >= 15 is 0 Å². The molecule has 0 aliphatic heterocycles. The lowest BCUT2D eigenvalue weighted by Crippen LogP contribution is -2.13. The van der Waals surface area contributed by atoms with Crippen LogP contribution in [0.5, 0.6) is 23.0 Å². The van der Waals surface area contributed by atoms with Crippen LogP contribution in [-0.4, -0.2) is 33.4 Å². The smallest absolute Gasteiger partial charge is 0.203 e. The second kappa shape index (κ2) is 9.43. The molecule has 0 unspecified atom stereocenters. The first-order chi connectivity index (χ1) is 13.7. The normalized spacial score (nSPS) is 10.6. The summed E-state index contributed by atoms with van der Waals surface area (Å²) >= 11 is 1.63. The minimum absolute atomic E-state index is 0.581. The largest absolute Gasteiger partial charge is 0.496 e. The molecule has 1 heterocycles. The number of aromatic nitrogens is 1. The molecular formula is C21H24N2O4S. The van der Waals surface area contributed by atoms with E-state index in [0.29, 0.717) is 30.3 Å². The zero-order chi connectivity index (χ0) is 19.9. The number of benzene rings is 2. The maximum absolute atomic E-state index is 5.44. The lowest BCUT2D eigenvalue weighted by atomic mass is 10.1. The number of para-hydroxylation sites is 1. The van der Waals surface area contributed by atoms with E-state index in [0.717, 1.165) is 26.8 Å². The molecular weight excluding hydrogens is 376 g/mol. The molecule has 3 rings (SSSR count). The maximum Gasteiger partial charge on any atom is 0.203 e. The van der Waals surface area contributed by atoms with Gasteiger partial charge in [0.15, 0.2) is 11.5 Å². The van der Waals surface area contributed by atoms with Crippen molar-refractivity contribution in [2.75, 3.05) is 28.4 Å². The number of ether oxygens (including phenoxy) is 4. The van der Waals surface area contributed by atoms with Gasteiger partial charge in [0.25, 0.3) is 0 Å². The number of thiazole rings is 1. The average molecular weight is 401 g/mol. The lowest BCUT2D eigenvalue weighted by Gasteiger charge is -2.13. The van der Waals surface area contributed by atoms with Gasteiger partial charge in [-0.05, 0) is 18.2 Å². The topological polar surface area (TPSA) is 61.8 Å². The number of nitrogens with one attached hydrogen (secondary N) is 1. The van der Waals surface area contributed by atoms with Gasteiger partial charge in [-0.15, -0.1) is 11.3 Å². The van der Waals surface area contributed by atoms with E-state index in [1.165, 1.54) is 0 Å². The molecule has 2 aromatic carbocycles. The van der Waals surface area contributed by atoms with E-state index in [4.69, 9.17) is 18.9 Å². The third-order valence-corrected chi connectivity index (χ3v) is 5.33. The van der Waals surface area contributed by atoms with Crippen LogP contribution in [0.2, 0.25) is 0 Å². The van der Waals surface area contributed by atoms with Gasteiger partial charge >= 0.3 is 0 Å². The highest BCUT2D eigenvalue weighted by Crippen LogP contribution is 2.42. The van der Waals surface area contributed by atoms with E-state index in [1.54, 1.807) is 39.8 Å². The van der Waals surface area contributed by atoms with Gasteiger partial charge in [0.1, 0.15) is 10.8 Å². The van der Waals surface area contributed by atoms with Crippen molar-refractivity contribution in [3.05, 3.63) is 53.2 Å². The Labute approximate surface area is 169 Å². The number of nitrogens with zero attached hydrogens (tertiary/aromatic N) is 1. The first-order valence-electron chi connectivity index (χ1n) is 8.77. The monoisotopic (exact) mass is 400 g/mol. The van der Waals surface area contributed by atoms with Crippen molar-refractivity contribution in [1.82, 2.24) is 10.3 Å². The van der Waals surface area contributed by atoms with Crippen molar-refractivity contribution in [3.8, 4) is 33.4 Å². The van der Waals surface area contributed by atoms with Gasteiger partial charge in [-0.3, -0.25) is 0 Å². The van der Waals surface area contributed by atoms with E-state index in [2.05, 4.69) is 16.4 Å². The molecule has 0 aliphatic rings.